The predicted molar refractivity (Wildman–Crippen MR) is 46.9 cm³/mol. The van der Waals surface area contributed by atoms with Crippen molar-refractivity contribution in [3.05, 3.63) is 17.0 Å². The molecule has 1 N–H and O–H groups in total. The van der Waals surface area contributed by atoms with Crippen LogP contribution < -0.4 is 0 Å². The van der Waals surface area contributed by atoms with E-state index >= 15 is 0 Å². The van der Waals surface area contributed by atoms with Crippen LogP contribution in [0.15, 0.2) is 0 Å². The average molecular weight is 234 g/mol. The number of aromatic nitrogens is 2. The van der Waals surface area contributed by atoms with Crippen LogP contribution in [0.25, 0.3) is 0 Å². The zero-order valence-electron chi connectivity index (χ0n) is 8.39. The fourth-order valence-corrected chi connectivity index (χ4v) is 1.54. The monoisotopic (exact) mass is 234 g/mol. The molecule has 88 valence electrons. The number of carbonyl (C=O) groups excluding carboxylic acids is 1. The molecule has 1 aromatic rings. The number of ether oxygens (including phenoxy) is 1. The van der Waals surface area contributed by atoms with Gasteiger partial charge in [-0.05, 0) is 12.8 Å². The molecular formula is C9H9F3N2O2. The highest BCUT2D eigenvalue weighted by Gasteiger charge is 2.43. The highest BCUT2D eigenvalue weighted by atomic mass is 19.4. The minimum Gasteiger partial charge on any atom is -0.465 e. The van der Waals surface area contributed by atoms with E-state index in [9.17, 15) is 18.0 Å². The van der Waals surface area contributed by atoms with E-state index in [1.165, 1.54) is 0 Å². The van der Waals surface area contributed by atoms with Crippen molar-refractivity contribution in [2.45, 2.75) is 24.9 Å². The van der Waals surface area contributed by atoms with Gasteiger partial charge in [-0.3, -0.25) is 5.10 Å². The van der Waals surface area contributed by atoms with Crippen LogP contribution in [0.4, 0.5) is 13.2 Å². The standard InChI is InChI=1S/C9H9F3N2O2/c1-16-8(15)5-6(4-2-3-4)13-14-7(5)9(10,11)12/h4H,2-3H2,1H3,(H,13,14). The van der Waals surface area contributed by atoms with Crippen LogP contribution in [0, 0.1) is 0 Å². The molecule has 1 fully saturated rings. The number of esters is 1. The Morgan fingerprint density at radius 3 is 2.56 bits per heavy atom. The van der Waals surface area contributed by atoms with Gasteiger partial charge in [0.25, 0.3) is 0 Å². The van der Waals surface area contributed by atoms with Crippen molar-refractivity contribution >= 4 is 5.97 Å². The minimum absolute atomic E-state index is 0.0299. The second-order valence-corrected chi connectivity index (χ2v) is 3.62. The molecule has 1 aliphatic carbocycles. The summed E-state index contributed by atoms with van der Waals surface area (Å²) in [6, 6.07) is 0. The summed E-state index contributed by atoms with van der Waals surface area (Å²) in [5, 5.41) is 5.45. The summed E-state index contributed by atoms with van der Waals surface area (Å²) in [5.41, 5.74) is -1.43. The van der Waals surface area contributed by atoms with Crippen molar-refractivity contribution in [3.8, 4) is 0 Å². The smallest absolute Gasteiger partial charge is 0.436 e. The fraction of sp³-hybridized carbons (Fsp3) is 0.556. The van der Waals surface area contributed by atoms with Crippen molar-refractivity contribution < 1.29 is 22.7 Å². The summed E-state index contributed by atoms with van der Waals surface area (Å²) in [4.78, 5) is 11.3. The number of hydrogen-bond acceptors (Lipinski definition) is 3. The molecule has 1 heterocycles. The third kappa shape index (κ3) is 1.77. The van der Waals surface area contributed by atoms with Crippen LogP contribution in [-0.4, -0.2) is 23.3 Å². The molecule has 0 saturated heterocycles. The first-order chi connectivity index (χ1) is 7.45. The van der Waals surface area contributed by atoms with Crippen molar-refractivity contribution in [1.29, 1.82) is 0 Å². The van der Waals surface area contributed by atoms with Crippen molar-refractivity contribution in [3.63, 3.8) is 0 Å². The van der Waals surface area contributed by atoms with E-state index in [4.69, 9.17) is 0 Å². The van der Waals surface area contributed by atoms with Gasteiger partial charge in [-0.1, -0.05) is 0 Å². The number of alkyl halides is 3. The molecule has 0 aliphatic heterocycles. The Morgan fingerprint density at radius 2 is 2.12 bits per heavy atom. The Balaban J connectivity index is 2.49. The lowest BCUT2D eigenvalue weighted by Crippen LogP contribution is -2.14. The molecule has 1 aliphatic rings. The maximum atomic E-state index is 12.6. The van der Waals surface area contributed by atoms with Crippen LogP contribution in [-0.2, 0) is 10.9 Å². The maximum absolute atomic E-state index is 12.6. The molecule has 0 atom stereocenters. The largest absolute Gasteiger partial charge is 0.465 e. The summed E-state index contributed by atoms with van der Waals surface area (Å²) in [7, 11) is 1.05. The first-order valence-electron chi connectivity index (χ1n) is 4.69. The van der Waals surface area contributed by atoms with E-state index in [1.54, 1.807) is 0 Å². The molecule has 0 aromatic carbocycles. The number of hydrogen-bond donors (Lipinski definition) is 1. The number of H-pyrrole nitrogens is 1. The van der Waals surface area contributed by atoms with Gasteiger partial charge in [-0.15, -0.1) is 0 Å². The zero-order chi connectivity index (χ0) is 11.9. The summed E-state index contributed by atoms with van der Waals surface area (Å²) >= 11 is 0. The van der Waals surface area contributed by atoms with Gasteiger partial charge in [0.1, 0.15) is 5.56 Å². The second kappa shape index (κ2) is 3.50. The third-order valence-electron chi connectivity index (χ3n) is 2.44. The third-order valence-corrected chi connectivity index (χ3v) is 2.44. The maximum Gasteiger partial charge on any atom is 0.436 e. The van der Waals surface area contributed by atoms with Crippen LogP contribution in [0.2, 0.25) is 0 Å². The normalized spacial score (nSPS) is 16.2. The van der Waals surface area contributed by atoms with Gasteiger partial charge in [0.05, 0.1) is 12.8 Å². The summed E-state index contributed by atoms with van der Waals surface area (Å²) in [5.74, 6) is -1.03. The Bertz CT molecular complexity index is 421. The van der Waals surface area contributed by atoms with Gasteiger partial charge in [-0.25, -0.2) is 4.79 Å². The van der Waals surface area contributed by atoms with E-state index in [0.29, 0.717) is 0 Å². The van der Waals surface area contributed by atoms with E-state index in [1.807, 2.05) is 0 Å². The molecule has 1 saturated carbocycles. The van der Waals surface area contributed by atoms with Crippen LogP contribution >= 0.6 is 0 Å². The number of aromatic amines is 1. The Kier molecular flexibility index (Phi) is 2.40. The zero-order valence-corrected chi connectivity index (χ0v) is 8.39. The molecule has 0 radical (unpaired) electrons. The predicted octanol–water partition coefficient (Wildman–Crippen LogP) is 2.09. The first kappa shape index (κ1) is 11.0. The molecule has 4 nitrogen and oxygen atoms in total. The van der Waals surface area contributed by atoms with E-state index in [2.05, 4.69) is 14.9 Å². The second-order valence-electron chi connectivity index (χ2n) is 3.62. The van der Waals surface area contributed by atoms with Crippen molar-refractivity contribution in [2.75, 3.05) is 7.11 Å². The number of methoxy groups -OCH3 is 1. The molecule has 16 heavy (non-hydrogen) atoms. The van der Waals surface area contributed by atoms with Crippen molar-refractivity contribution in [2.24, 2.45) is 0 Å². The number of nitrogens with one attached hydrogen (secondary N) is 1. The molecule has 0 spiro atoms. The van der Waals surface area contributed by atoms with Gasteiger partial charge in [-0.2, -0.15) is 18.3 Å². The van der Waals surface area contributed by atoms with Gasteiger partial charge in [0.2, 0.25) is 0 Å². The summed E-state index contributed by atoms with van der Waals surface area (Å²) in [6.07, 6.45) is -3.11. The number of carbonyl (C=O) groups is 1. The topological polar surface area (TPSA) is 55.0 Å². The van der Waals surface area contributed by atoms with E-state index in [0.717, 1.165) is 20.0 Å². The fourth-order valence-electron chi connectivity index (χ4n) is 1.54. The number of nitrogens with zero attached hydrogens (tertiary/aromatic N) is 1. The highest BCUT2D eigenvalue weighted by molar-refractivity contribution is 5.92. The summed E-state index contributed by atoms with van der Waals surface area (Å²) in [6.45, 7) is 0. The van der Waals surface area contributed by atoms with Crippen molar-refractivity contribution in [1.82, 2.24) is 10.2 Å². The Labute approximate surface area is 88.8 Å². The highest BCUT2D eigenvalue weighted by Crippen LogP contribution is 2.43. The lowest BCUT2D eigenvalue weighted by Gasteiger charge is -2.05. The van der Waals surface area contributed by atoms with Crippen LogP contribution in [0.5, 0.6) is 0 Å². The van der Waals surface area contributed by atoms with Gasteiger partial charge >= 0.3 is 12.1 Å². The van der Waals surface area contributed by atoms with Crippen LogP contribution in [0.3, 0.4) is 0 Å². The van der Waals surface area contributed by atoms with E-state index < -0.39 is 23.4 Å². The molecule has 0 unspecified atom stereocenters. The molecule has 0 bridgehead atoms. The van der Waals surface area contributed by atoms with Gasteiger partial charge in [0.15, 0.2) is 5.69 Å². The molecule has 7 heteroatoms. The molecular weight excluding hydrogens is 225 g/mol. The molecule has 1 aromatic heterocycles. The Hall–Kier alpha value is -1.53. The lowest BCUT2D eigenvalue weighted by atomic mass is 10.1. The number of rotatable bonds is 2. The molecule has 0 amide bonds. The van der Waals surface area contributed by atoms with Gasteiger partial charge < -0.3 is 4.74 Å². The molecule has 2 rings (SSSR count). The minimum atomic E-state index is -4.65. The summed E-state index contributed by atoms with van der Waals surface area (Å²) < 4.78 is 42.0. The quantitative estimate of drug-likeness (QED) is 0.797. The van der Waals surface area contributed by atoms with Gasteiger partial charge in [0, 0.05) is 5.92 Å². The first-order valence-corrected chi connectivity index (χ1v) is 4.69. The lowest BCUT2D eigenvalue weighted by molar-refractivity contribution is -0.141. The Morgan fingerprint density at radius 1 is 1.50 bits per heavy atom. The number of halogens is 3. The SMILES string of the molecule is COC(=O)c1c(C(F)(F)F)n[nH]c1C1CC1. The average Bonchev–Trinajstić information content (AvgIpc) is 2.94. The van der Waals surface area contributed by atoms with E-state index in [-0.39, 0.29) is 11.6 Å². The van der Waals surface area contributed by atoms with Crippen LogP contribution in [0.1, 0.15) is 40.5 Å².